The standard InChI is InChI=1S/C15H22F3N3O2.HI/c1-14(2,8-9-22-3)10-20-13(19)21-11-6-4-5-7-12(11)23-15(16,17)18;/h4-7H,8-10H2,1-3H3,(H3,19,20,21);1H. The normalized spacial score (nSPS) is 12.5. The molecule has 5 nitrogen and oxygen atoms in total. The van der Waals surface area contributed by atoms with Crippen molar-refractivity contribution in [3.8, 4) is 5.75 Å². The van der Waals surface area contributed by atoms with Gasteiger partial charge in [0.2, 0.25) is 0 Å². The Morgan fingerprint density at radius 3 is 2.46 bits per heavy atom. The number of alkyl halides is 3. The molecular formula is C15H23F3IN3O2. The number of para-hydroxylation sites is 2. The van der Waals surface area contributed by atoms with Crippen molar-refractivity contribution in [1.29, 1.82) is 0 Å². The Bertz CT molecular complexity index is 537. The minimum Gasteiger partial charge on any atom is -0.404 e. The molecule has 1 aromatic carbocycles. The van der Waals surface area contributed by atoms with Gasteiger partial charge in [-0.3, -0.25) is 4.99 Å². The SMILES string of the molecule is COCCC(C)(C)CN=C(N)Nc1ccccc1OC(F)(F)F.I. The summed E-state index contributed by atoms with van der Waals surface area (Å²) in [6, 6.07) is 5.64. The average Bonchev–Trinajstić information content (AvgIpc) is 2.44. The second-order valence-corrected chi connectivity index (χ2v) is 5.78. The summed E-state index contributed by atoms with van der Waals surface area (Å²) in [5.41, 5.74) is 5.71. The third-order valence-corrected chi connectivity index (χ3v) is 3.04. The van der Waals surface area contributed by atoms with Crippen LogP contribution in [-0.4, -0.2) is 32.6 Å². The lowest BCUT2D eigenvalue weighted by Crippen LogP contribution is -2.27. The van der Waals surface area contributed by atoms with Crippen LogP contribution in [-0.2, 0) is 4.74 Å². The molecule has 1 aromatic rings. The molecule has 0 saturated carbocycles. The number of ether oxygens (including phenoxy) is 2. The predicted molar refractivity (Wildman–Crippen MR) is 98.9 cm³/mol. The zero-order valence-corrected chi connectivity index (χ0v) is 16.1. The Morgan fingerprint density at radius 2 is 1.88 bits per heavy atom. The molecule has 0 saturated heterocycles. The van der Waals surface area contributed by atoms with Gasteiger partial charge in [-0.2, -0.15) is 0 Å². The van der Waals surface area contributed by atoms with Gasteiger partial charge in [0.1, 0.15) is 0 Å². The molecule has 0 atom stereocenters. The van der Waals surface area contributed by atoms with Gasteiger partial charge in [-0.05, 0) is 24.0 Å². The molecule has 3 N–H and O–H groups in total. The molecule has 0 radical (unpaired) electrons. The summed E-state index contributed by atoms with van der Waals surface area (Å²) >= 11 is 0. The maximum absolute atomic E-state index is 12.4. The van der Waals surface area contributed by atoms with E-state index in [0.29, 0.717) is 13.2 Å². The second-order valence-electron chi connectivity index (χ2n) is 5.78. The number of benzene rings is 1. The lowest BCUT2D eigenvalue weighted by molar-refractivity contribution is -0.274. The van der Waals surface area contributed by atoms with Crippen LogP contribution >= 0.6 is 24.0 Å². The van der Waals surface area contributed by atoms with Crippen molar-refractivity contribution in [2.45, 2.75) is 26.6 Å². The predicted octanol–water partition coefficient (Wildman–Crippen LogP) is 3.99. The molecule has 0 amide bonds. The molecule has 0 spiro atoms. The van der Waals surface area contributed by atoms with Crippen LogP contribution < -0.4 is 15.8 Å². The van der Waals surface area contributed by atoms with E-state index in [9.17, 15) is 13.2 Å². The number of hydrogen-bond donors (Lipinski definition) is 2. The highest BCUT2D eigenvalue weighted by molar-refractivity contribution is 14.0. The van der Waals surface area contributed by atoms with Gasteiger partial charge in [0.05, 0.1) is 5.69 Å². The third-order valence-electron chi connectivity index (χ3n) is 3.04. The number of aliphatic imine (C=N–C) groups is 1. The number of halogens is 4. The van der Waals surface area contributed by atoms with E-state index in [4.69, 9.17) is 10.5 Å². The molecule has 0 aliphatic rings. The average molecular weight is 461 g/mol. The van der Waals surface area contributed by atoms with E-state index in [0.717, 1.165) is 6.42 Å². The van der Waals surface area contributed by atoms with E-state index in [2.05, 4.69) is 15.0 Å². The highest BCUT2D eigenvalue weighted by Crippen LogP contribution is 2.29. The van der Waals surface area contributed by atoms with Crippen molar-refractivity contribution in [1.82, 2.24) is 0 Å². The number of guanidine groups is 1. The van der Waals surface area contributed by atoms with Crippen molar-refractivity contribution in [2.24, 2.45) is 16.1 Å². The van der Waals surface area contributed by atoms with Crippen LogP contribution in [0.5, 0.6) is 5.75 Å². The van der Waals surface area contributed by atoms with Crippen LogP contribution in [0.4, 0.5) is 18.9 Å². The lowest BCUT2D eigenvalue weighted by atomic mass is 9.90. The van der Waals surface area contributed by atoms with E-state index in [1.165, 1.54) is 18.2 Å². The van der Waals surface area contributed by atoms with Crippen molar-refractivity contribution >= 4 is 35.6 Å². The first kappa shape index (κ1) is 22.8. The molecule has 138 valence electrons. The number of rotatable bonds is 7. The first-order chi connectivity index (χ1) is 10.6. The topological polar surface area (TPSA) is 68.9 Å². The van der Waals surface area contributed by atoms with Gasteiger partial charge in [0, 0.05) is 20.3 Å². The molecule has 0 aromatic heterocycles. The summed E-state index contributed by atoms with van der Waals surface area (Å²) in [5, 5.41) is 2.63. The Labute approximate surface area is 156 Å². The van der Waals surface area contributed by atoms with Crippen LogP contribution in [0.15, 0.2) is 29.3 Å². The lowest BCUT2D eigenvalue weighted by Gasteiger charge is -2.22. The van der Waals surface area contributed by atoms with Crippen molar-refractivity contribution < 1.29 is 22.6 Å². The fourth-order valence-corrected chi connectivity index (χ4v) is 1.72. The van der Waals surface area contributed by atoms with Crippen molar-refractivity contribution in [3.05, 3.63) is 24.3 Å². The van der Waals surface area contributed by atoms with E-state index >= 15 is 0 Å². The first-order valence-corrected chi connectivity index (χ1v) is 7.04. The Morgan fingerprint density at radius 1 is 1.25 bits per heavy atom. The van der Waals surface area contributed by atoms with E-state index in [1.54, 1.807) is 13.2 Å². The Balaban J connectivity index is 0.00000529. The first-order valence-electron chi connectivity index (χ1n) is 7.04. The summed E-state index contributed by atoms with van der Waals surface area (Å²) in [6.07, 6.45) is -3.99. The molecule has 0 aliphatic carbocycles. The van der Waals surface area contributed by atoms with Gasteiger partial charge >= 0.3 is 6.36 Å². The number of nitrogens with two attached hydrogens (primary N) is 1. The number of anilines is 1. The number of nitrogens with one attached hydrogen (secondary N) is 1. The van der Waals surface area contributed by atoms with Gasteiger partial charge in [0.25, 0.3) is 0 Å². The Kier molecular flexibility index (Phi) is 9.41. The quantitative estimate of drug-likeness (QED) is 0.366. The molecule has 0 unspecified atom stereocenters. The maximum atomic E-state index is 12.4. The second kappa shape index (κ2) is 9.92. The van der Waals surface area contributed by atoms with E-state index in [1.807, 2.05) is 13.8 Å². The van der Waals surface area contributed by atoms with Crippen molar-refractivity contribution in [2.75, 3.05) is 25.6 Å². The summed E-state index contributed by atoms with van der Waals surface area (Å²) in [4.78, 5) is 4.17. The fourth-order valence-electron chi connectivity index (χ4n) is 1.72. The van der Waals surface area contributed by atoms with Crippen LogP contribution in [0.1, 0.15) is 20.3 Å². The molecule has 0 aliphatic heterocycles. The van der Waals surface area contributed by atoms with E-state index < -0.39 is 6.36 Å². The number of methoxy groups -OCH3 is 1. The summed E-state index contributed by atoms with van der Waals surface area (Å²) < 4.78 is 46.0. The summed E-state index contributed by atoms with van der Waals surface area (Å²) in [5.74, 6) is -0.342. The highest BCUT2D eigenvalue weighted by Gasteiger charge is 2.32. The molecule has 0 bridgehead atoms. The smallest absolute Gasteiger partial charge is 0.404 e. The largest absolute Gasteiger partial charge is 0.573 e. The van der Waals surface area contributed by atoms with Gasteiger partial charge in [-0.1, -0.05) is 26.0 Å². The van der Waals surface area contributed by atoms with Crippen LogP contribution in [0.25, 0.3) is 0 Å². The van der Waals surface area contributed by atoms with Gasteiger partial charge in [0.15, 0.2) is 11.7 Å². The minimum atomic E-state index is -4.77. The Hall–Kier alpha value is -1.23. The minimum absolute atomic E-state index is 0. The fraction of sp³-hybridized carbons (Fsp3) is 0.533. The molecule has 1 rings (SSSR count). The maximum Gasteiger partial charge on any atom is 0.573 e. The zero-order chi connectivity index (χ0) is 17.5. The zero-order valence-electron chi connectivity index (χ0n) is 13.8. The monoisotopic (exact) mass is 461 g/mol. The third kappa shape index (κ3) is 9.16. The molecule has 0 fully saturated rings. The van der Waals surface area contributed by atoms with Gasteiger partial charge in [-0.25, -0.2) is 0 Å². The van der Waals surface area contributed by atoms with Crippen molar-refractivity contribution in [3.63, 3.8) is 0 Å². The number of nitrogens with zero attached hydrogens (tertiary/aromatic N) is 1. The van der Waals surface area contributed by atoms with Gasteiger partial charge < -0.3 is 20.5 Å². The summed E-state index contributed by atoms with van der Waals surface area (Å²) in [7, 11) is 1.62. The molecule has 0 heterocycles. The molecule has 9 heteroatoms. The van der Waals surface area contributed by atoms with Crippen LogP contribution in [0.2, 0.25) is 0 Å². The van der Waals surface area contributed by atoms with Gasteiger partial charge in [-0.15, -0.1) is 37.1 Å². The van der Waals surface area contributed by atoms with Crippen LogP contribution in [0, 0.1) is 5.41 Å². The molecule has 24 heavy (non-hydrogen) atoms. The van der Waals surface area contributed by atoms with E-state index in [-0.39, 0.29) is 46.8 Å². The number of hydrogen-bond acceptors (Lipinski definition) is 3. The molecular weight excluding hydrogens is 438 g/mol. The highest BCUT2D eigenvalue weighted by atomic mass is 127. The summed E-state index contributed by atoms with van der Waals surface area (Å²) in [6.45, 7) is 5.02. The van der Waals surface area contributed by atoms with Crippen LogP contribution in [0.3, 0.4) is 0 Å².